The van der Waals surface area contributed by atoms with Crippen LogP contribution in [0.25, 0.3) is 17.4 Å². The fourth-order valence-electron chi connectivity index (χ4n) is 2.10. The Morgan fingerprint density at radius 1 is 1.30 bits per heavy atom. The second kappa shape index (κ2) is 5.13. The van der Waals surface area contributed by atoms with E-state index in [1.807, 2.05) is 49.4 Å². The summed E-state index contributed by atoms with van der Waals surface area (Å²) >= 11 is 0. The molecule has 0 unspecified atom stereocenters. The number of nitrogens with zero attached hydrogens (tertiary/aromatic N) is 3. The molecule has 0 aliphatic carbocycles. The zero-order valence-corrected chi connectivity index (χ0v) is 11.1. The average Bonchev–Trinajstić information content (AvgIpc) is 2.77. The predicted molar refractivity (Wildman–Crippen MR) is 78.4 cm³/mol. The second-order valence-corrected chi connectivity index (χ2v) is 4.47. The Bertz CT molecular complexity index is 815. The Morgan fingerprint density at radius 3 is 2.85 bits per heavy atom. The van der Waals surface area contributed by atoms with Gasteiger partial charge in [0.05, 0.1) is 18.4 Å². The fraction of sp³-hybridized carbons (Fsp3) is 0.133. The minimum Gasteiger partial charge on any atom is -0.289 e. The van der Waals surface area contributed by atoms with Crippen LogP contribution in [0.15, 0.2) is 47.4 Å². The molecule has 0 aliphatic rings. The molecule has 3 rings (SSSR count). The highest BCUT2D eigenvalue weighted by atomic mass is 16.1. The summed E-state index contributed by atoms with van der Waals surface area (Å²) in [7, 11) is 0. The summed E-state index contributed by atoms with van der Waals surface area (Å²) in [6.45, 7) is 2.40. The van der Waals surface area contributed by atoms with Gasteiger partial charge in [-0.3, -0.25) is 9.55 Å². The van der Waals surface area contributed by atoms with E-state index in [1.165, 1.54) is 0 Å². The molecule has 1 N–H and O–H groups in total. The van der Waals surface area contributed by atoms with Crippen molar-refractivity contribution < 1.29 is 0 Å². The molecule has 3 aromatic rings. The zero-order valence-electron chi connectivity index (χ0n) is 11.1. The highest BCUT2D eigenvalue weighted by Gasteiger charge is 2.09. The molecule has 0 aliphatic heterocycles. The number of aromatic nitrogens is 4. The van der Waals surface area contributed by atoms with Crippen molar-refractivity contribution >= 4 is 17.4 Å². The van der Waals surface area contributed by atoms with Crippen LogP contribution in [-0.2, 0) is 6.54 Å². The minimum absolute atomic E-state index is 0.193. The Kier molecular flexibility index (Phi) is 3.16. The van der Waals surface area contributed by atoms with Crippen LogP contribution >= 0.6 is 0 Å². The van der Waals surface area contributed by atoms with E-state index in [-0.39, 0.29) is 5.69 Å². The van der Waals surface area contributed by atoms with Crippen molar-refractivity contribution in [3.63, 3.8) is 0 Å². The number of benzene rings is 1. The van der Waals surface area contributed by atoms with Gasteiger partial charge in [-0.15, -0.1) is 0 Å². The maximum atomic E-state index is 12.0. The maximum Gasteiger partial charge on any atom is 0.329 e. The van der Waals surface area contributed by atoms with Gasteiger partial charge in [0.2, 0.25) is 0 Å². The number of hydrogen-bond acceptors (Lipinski definition) is 3. The summed E-state index contributed by atoms with van der Waals surface area (Å²) in [4.78, 5) is 23.4. The molecule has 0 saturated carbocycles. The third-order valence-electron chi connectivity index (χ3n) is 3.02. The van der Waals surface area contributed by atoms with Gasteiger partial charge < -0.3 is 0 Å². The largest absolute Gasteiger partial charge is 0.329 e. The molecule has 0 radical (unpaired) electrons. The predicted octanol–water partition coefficient (Wildman–Crippen LogP) is 2.20. The Hall–Kier alpha value is -2.69. The van der Waals surface area contributed by atoms with Gasteiger partial charge in [-0.05, 0) is 18.6 Å². The van der Waals surface area contributed by atoms with Crippen molar-refractivity contribution in [1.82, 2.24) is 19.5 Å². The normalized spacial score (nSPS) is 11.4. The molecule has 0 atom stereocenters. The van der Waals surface area contributed by atoms with Crippen molar-refractivity contribution in [2.24, 2.45) is 0 Å². The van der Waals surface area contributed by atoms with Gasteiger partial charge >= 0.3 is 5.69 Å². The van der Waals surface area contributed by atoms with Crippen molar-refractivity contribution in [2.45, 2.75) is 13.5 Å². The number of H-pyrrole nitrogens is 1. The van der Waals surface area contributed by atoms with Gasteiger partial charge in [0, 0.05) is 0 Å². The SMILES string of the molecule is C/C=C\c1cnc2[nH]c(=O)n(Cc3ccccc3)c2n1. The molecule has 5 heteroatoms. The summed E-state index contributed by atoms with van der Waals surface area (Å²) in [6.07, 6.45) is 5.39. The lowest BCUT2D eigenvalue weighted by molar-refractivity contribution is 0.778. The van der Waals surface area contributed by atoms with Crippen LogP contribution in [0.5, 0.6) is 0 Å². The first-order chi connectivity index (χ1) is 9.78. The molecule has 0 fully saturated rings. The minimum atomic E-state index is -0.193. The summed E-state index contributed by atoms with van der Waals surface area (Å²) in [6, 6.07) is 9.81. The second-order valence-electron chi connectivity index (χ2n) is 4.47. The molecule has 0 amide bonds. The lowest BCUT2D eigenvalue weighted by Gasteiger charge is -2.03. The van der Waals surface area contributed by atoms with Gasteiger partial charge in [0.25, 0.3) is 0 Å². The summed E-state index contributed by atoms with van der Waals surface area (Å²) in [5.41, 5.74) is 2.68. The van der Waals surface area contributed by atoms with Crippen LogP contribution in [0, 0.1) is 0 Å². The van der Waals surface area contributed by atoms with E-state index in [2.05, 4.69) is 15.0 Å². The molecular formula is C15H14N4O. The van der Waals surface area contributed by atoms with Crippen LogP contribution < -0.4 is 5.69 Å². The van der Waals surface area contributed by atoms with Gasteiger partial charge in [0.1, 0.15) is 0 Å². The number of rotatable bonds is 3. The molecule has 0 spiro atoms. The first-order valence-electron chi connectivity index (χ1n) is 6.40. The van der Waals surface area contributed by atoms with E-state index in [9.17, 15) is 4.79 Å². The van der Waals surface area contributed by atoms with Gasteiger partial charge in [0.15, 0.2) is 11.3 Å². The monoisotopic (exact) mass is 266 g/mol. The number of fused-ring (bicyclic) bond motifs is 1. The van der Waals surface area contributed by atoms with Crippen LogP contribution in [0.1, 0.15) is 18.2 Å². The molecule has 20 heavy (non-hydrogen) atoms. The summed E-state index contributed by atoms with van der Waals surface area (Å²) < 4.78 is 1.60. The zero-order chi connectivity index (χ0) is 13.9. The quantitative estimate of drug-likeness (QED) is 0.790. The third-order valence-corrected chi connectivity index (χ3v) is 3.02. The summed E-state index contributed by atoms with van der Waals surface area (Å²) in [5.74, 6) is 0. The Morgan fingerprint density at radius 2 is 2.10 bits per heavy atom. The van der Waals surface area contributed by atoms with E-state index in [4.69, 9.17) is 0 Å². The Labute approximate surface area is 115 Å². The van der Waals surface area contributed by atoms with Crippen molar-refractivity contribution in [1.29, 1.82) is 0 Å². The number of imidazole rings is 1. The average molecular weight is 266 g/mol. The topological polar surface area (TPSA) is 63.6 Å². The molecular weight excluding hydrogens is 252 g/mol. The molecule has 5 nitrogen and oxygen atoms in total. The highest BCUT2D eigenvalue weighted by molar-refractivity contribution is 5.67. The van der Waals surface area contributed by atoms with Crippen molar-refractivity contribution in [2.75, 3.05) is 0 Å². The molecule has 1 aromatic carbocycles. The van der Waals surface area contributed by atoms with E-state index in [1.54, 1.807) is 10.8 Å². The first-order valence-corrected chi connectivity index (χ1v) is 6.40. The Balaban J connectivity index is 2.11. The van der Waals surface area contributed by atoms with Crippen LogP contribution in [0.3, 0.4) is 0 Å². The van der Waals surface area contributed by atoms with E-state index < -0.39 is 0 Å². The highest BCUT2D eigenvalue weighted by Crippen LogP contribution is 2.09. The van der Waals surface area contributed by atoms with Crippen LogP contribution in [-0.4, -0.2) is 19.5 Å². The van der Waals surface area contributed by atoms with Crippen molar-refractivity contribution in [3.05, 3.63) is 64.3 Å². The number of hydrogen-bond donors (Lipinski definition) is 1. The molecule has 2 heterocycles. The standard InChI is InChI=1S/C15H14N4O/c1-2-6-12-9-16-13-14(17-12)19(15(20)18-13)10-11-7-4-3-5-8-11/h2-9H,10H2,1H3,(H,16,18,20)/b6-2-. The first kappa shape index (κ1) is 12.3. The molecule has 0 saturated heterocycles. The van der Waals surface area contributed by atoms with Gasteiger partial charge in [-0.2, -0.15) is 0 Å². The molecule has 100 valence electrons. The summed E-state index contributed by atoms with van der Waals surface area (Å²) in [5, 5.41) is 0. The van der Waals surface area contributed by atoms with E-state index >= 15 is 0 Å². The molecule has 0 bridgehead atoms. The number of allylic oxidation sites excluding steroid dienone is 1. The van der Waals surface area contributed by atoms with Gasteiger partial charge in [-0.25, -0.2) is 14.8 Å². The number of nitrogens with one attached hydrogen (secondary N) is 1. The van der Waals surface area contributed by atoms with E-state index in [0.717, 1.165) is 11.3 Å². The van der Waals surface area contributed by atoms with Gasteiger partial charge in [-0.1, -0.05) is 36.4 Å². The van der Waals surface area contributed by atoms with Crippen LogP contribution in [0.4, 0.5) is 0 Å². The van der Waals surface area contributed by atoms with E-state index in [0.29, 0.717) is 17.8 Å². The lowest BCUT2D eigenvalue weighted by Crippen LogP contribution is -2.17. The maximum absolute atomic E-state index is 12.0. The third kappa shape index (κ3) is 2.25. The van der Waals surface area contributed by atoms with Crippen molar-refractivity contribution in [3.8, 4) is 0 Å². The van der Waals surface area contributed by atoms with Crippen LogP contribution in [0.2, 0.25) is 0 Å². The number of aromatic amines is 1. The lowest BCUT2D eigenvalue weighted by atomic mass is 10.2. The molecule has 2 aromatic heterocycles. The smallest absolute Gasteiger partial charge is 0.289 e. The fourth-order valence-corrected chi connectivity index (χ4v) is 2.10.